The molecule has 5 nitrogen and oxygen atoms in total. The molecule has 0 aliphatic carbocycles. The van der Waals surface area contributed by atoms with E-state index in [1.54, 1.807) is 12.1 Å². The van der Waals surface area contributed by atoms with Crippen molar-refractivity contribution in [2.45, 2.75) is 33.1 Å². The number of hydrogen-bond donors (Lipinski definition) is 0. The van der Waals surface area contributed by atoms with Crippen LogP contribution in [0, 0.1) is 5.92 Å². The van der Waals surface area contributed by atoms with E-state index in [-0.39, 0.29) is 12.8 Å². The molecule has 1 aliphatic rings. The summed E-state index contributed by atoms with van der Waals surface area (Å²) in [5.41, 5.74) is 1.25. The van der Waals surface area contributed by atoms with Gasteiger partial charge in [-0.3, -0.25) is 9.59 Å². The van der Waals surface area contributed by atoms with Gasteiger partial charge in [0.2, 0.25) is 0 Å². The lowest BCUT2D eigenvalue weighted by Crippen LogP contribution is -2.32. The Morgan fingerprint density at radius 1 is 1.20 bits per heavy atom. The lowest BCUT2D eigenvalue weighted by atomic mass is 9.98. The number of rotatable bonds is 4. The summed E-state index contributed by atoms with van der Waals surface area (Å²) in [6.45, 7) is 4.10. The van der Waals surface area contributed by atoms with Gasteiger partial charge in [-0.25, -0.2) is 4.79 Å². The number of hydroxylamine groups is 2. The van der Waals surface area contributed by atoms with Gasteiger partial charge in [0.05, 0.1) is 5.56 Å². The molecule has 2 rings (SSSR count). The van der Waals surface area contributed by atoms with Crippen LogP contribution < -0.4 is 0 Å². The maximum Gasteiger partial charge on any atom is 0.364 e. The molecule has 0 bridgehead atoms. The Morgan fingerprint density at radius 2 is 1.80 bits per heavy atom. The molecule has 1 heterocycles. The third kappa shape index (κ3) is 3.04. The van der Waals surface area contributed by atoms with Crippen molar-refractivity contribution in [3.8, 4) is 0 Å². The highest BCUT2D eigenvalue weighted by molar-refractivity contribution is 6.02. The number of carbonyl (C=O) groups excluding carboxylic acids is 3. The molecule has 1 aliphatic heterocycles. The minimum atomic E-state index is -0.662. The zero-order chi connectivity index (χ0) is 14.7. The van der Waals surface area contributed by atoms with Crippen LogP contribution in [0.4, 0.5) is 0 Å². The summed E-state index contributed by atoms with van der Waals surface area (Å²) < 4.78 is 0. The van der Waals surface area contributed by atoms with Gasteiger partial charge in [-0.1, -0.05) is 32.0 Å². The molecule has 20 heavy (non-hydrogen) atoms. The van der Waals surface area contributed by atoms with Gasteiger partial charge in [-0.05, 0) is 24.0 Å². The molecule has 0 unspecified atom stereocenters. The van der Waals surface area contributed by atoms with Gasteiger partial charge in [0.1, 0.15) is 0 Å². The summed E-state index contributed by atoms with van der Waals surface area (Å²) in [7, 11) is 0. The Balaban J connectivity index is 2.17. The fourth-order valence-electron chi connectivity index (χ4n) is 2.13. The molecular formula is C15H17NO4. The normalized spacial score (nSPS) is 15.1. The average molecular weight is 275 g/mol. The summed E-state index contributed by atoms with van der Waals surface area (Å²) >= 11 is 0. The highest BCUT2D eigenvalue weighted by Crippen LogP contribution is 2.18. The SMILES string of the molecule is CC(C)Cc1ccccc1C(=O)ON1C(=O)CCC1=O. The van der Waals surface area contributed by atoms with Crippen molar-refractivity contribution in [2.24, 2.45) is 5.92 Å². The van der Waals surface area contributed by atoms with Crippen LogP contribution in [0.3, 0.4) is 0 Å². The van der Waals surface area contributed by atoms with Crippen LogP contribution in [0.1, 0.15) is 42.6 Å². The van der Waals surface area contributed by atoms with Crippen molar-refractivity contribution >= 4 is 17.8 Å². The first-order valence-electron chi connectivity index (χ1n) is 6.65. The predicted molar refractivity (Wildman–Crippen MR) is 71.5 cm³/mol. The van der Waals surface area contributed by atoms with Crippen molar-refractivity contribution in [1.29, 1.82) is 0 Å². The van der Waals surface area contributed by atoms with Crippen LogP contribution in [-0.4, -0.2) is 22.8 Å². The molecule has 0 atom stereocenters. The molecule has 0 radical (unpaired) electrons. The average Bonchev–Trinajstić information content (AvgIpc) is 2.70. The molecule has 0 saturated carbocycles. The summed E-state index contributed by atoms with van der Waals surface area (Å²) in [6, 6.07) is 7.07. The maximum absolute atomic E-state index is 12.1. The van der Waals surface area contributed by atoms with E-state index in [1.165, 1.54) is 0 Å². The lowest BCUT2D eigenvalue weighted by molar-refractivity contribution is -0.172. The Bertz CT molecular complexity index is 535. The zero-order valence-electron chi connectivity index (χ0n) is 11.6. The fraction of sp³-hybridized carbons (Fsp3) is 0.400. The highest BCUT2D eigenvalue weighted by Gasteiger charge is 2.33. The minimum Gasteiger partial charge on any atom is -0.325 e. The molecular weight excluding hydrogens is 258 g/mol. The molecule has 2 amide bonds. The van der Waals surface area contributed by atoms with Gasteiger partial charge in [0.25, 0.3) is 11.8 Å². The Morgan fingerprint density at radius 3 is 2.40 bits per heavy atom. The van der Waals surface area contributed by atoms with Gasteiger partial charge >= 0.3 is 5.97 Å². The van der Waals surface area contributed by atoms with Crippen LogP contribution in [-0.2, 0) is 20.8 Å². The number of carbonyl (C=O) groups is 3. The molecule has 0 N–H and O–H groups in total. The van der Waals surface area contributed by atoms with Gasteiger partial charge < -0.3 is 4.84 Å². The molecule has 0 spiro atoms. The smallest absolute Gasteiger partial charge is 0.325 e. The maximum atomic E-state index is 12.1. The highest BCUT2D eigenvalue weighted by atomic mass is 16.7. The number of imide groups is 1. The van der Waals surface area contributed by atoms with E-state index in [0.717, 1.165) is 12.0 Å². The Hall–Kier alpha value is -2.17. The van der Waals surface area contributed by atoms with Crippen LogP contribution in [0.5, 0.6) is 0 Å². The topological polar surface area (TPSA) is 63.7 Å². The molecule has 1 aromatic rings. The van der Waals surface area contributed by atoms with Crippen molar-refractivity contribution < 1.29 is 19.2 Å². The van der Waals surface area contributed by atoms with E-state index in [9.17, 15) is 14.4 Å². The monoisotopic (exact) mass is 275 g/mol. The second-order valence-corrected chi connectivity index (χ2v) is 5.22. The third-order valence-electron chi connectivity index (χ3n) is 3.05. The number of amides is 2. The lowest BCUT2D eigenvalue weighted by Gasteiger charge is -2.15. The van der Waals surface area contributed by atoms with E-state index in [4.69, 9.17) is 4.84 Å². The van der Waals surface area contributed by atoms with Crippen molar-refractivity contribution in [3.63, 3.8) is 0 Å². The summed E-state index contributed by atoms with van der Waals surface area (Å²) in [5.74, 6) is -1.21. The van der Waals surface area contributed by atoms with Crippen LogP contribution in [0.15, 0.2) is 24.3 Å². The van der Waals surface area contributed by atoms with Crippen molar-refractivity contribution in [1.82, 2.24) is 5.06 Å². The molecule has 1 saturated heterocycles. The number of nitrogens with zero attached hydrogens (tertiary/aromatic N) is 1. The summed E-state index contributed by atoms with van der Waals surface area (Å²) in [4.78, 5) is 39.9. The van der Waals surface area contributed by atoms with E-state index in [1.807, 2.05) is 12.1 Å². The number of hydrogen-bond acceptors (Lipinski definition) is 4. The molecule has 1 aromatic carbocycles. The van der Waals surface area contributed by atoms with E-state index < -0.39 is 17.8 Å². The first-order chi connectivity index (χ1) is 9.49. The van der Waals surface area contributed by atoms with E-state index >= 15 is 0 Å². The summed E-state index contributed by atoms with van der Waals surface area (Å²) in [6.07, 6.45) is 0.923. The van der Waals surface area contributed by atoms with Crippen molar-refractivity contribution in [2.75, 3.05) is 0 Å². The first-order valence-corrected chi connectivity index (χ1v) is 6.65. The Labute approximate surface area is 117 Å². The Kier molecular flexibility index (Phi) is 4.17. The van der Waals surface area contributed by atoms with E-state index in [2.05, 4.69) is 13.8 Å². The fourth-order valence-corrected chi connectivity index (χ4v) is 2.13. The molecule has 5 heteroatoms. The third-order valence-corrected chi connectivity index (χ3v) is 3.05. The largest absolute Gasteiger partial charge is 0.364 e. The predicted octanol–water partition coefficient (Wildman–Crippen LogP) is 2.11. The van der Waals surface area contributed by atoms with Gasteiger partial charge in [0, 0.05) is 12.8 Å². The summed E-state index contributed by atoms with van der Waals surface area (Å²) in [5, 5.41) is 0.578. The number of benzene rings is 1. The van der Waals surface area contributed by atoms with Crippen molar-refractivity contribution in [3.05, 3.63) is 35.4 Å². The standard InChI is InChI=1S/C15H17NO4/c1-10(2)9-11-5-3-4-6-12(11)15(19)20-16-13(17)7-8-14(16)18/h3-6,10H,7-9H2,1-2H3. The van der Waals surface area contributed by atoms with Crippen LogP contribution in [0.2, 0.25) is 0 Å². The van der Waals surface area contributed by atoms with E-state index in [0.29, 0.717) is 16.5 Å². The zero-order valence-corrected chi connectivity index (χ0v) is 11.6. The minimum absolute atomic E-state index is 0.0970. The van der Waals surface area contributed by atoms with Crippen LogP contribution in [0.25, 0.3) is 0 Å². The van der Waals surface area contributed by atoms with Gasteiger partial charge in [-0.15, -0.1) is 5.06 Å². The molecule has 106 valence electrons. The molecule has 1 fully saturated rings. The quantitative estimate of drug-likeness (QED) is 0.789. The second kappa shape index (κ2) is 5.86. The van der Waals surface area contributed by atoms with Crippen LogP contribution >= 0.6 is 0 Å². The van der Waals surface area contributed by atoms with Gasteiger partial charge in [-0.2, -0.15) is 0 Å². The molecule has 0 aromatic heterocycles. The van der Waals surface area contributed by atoms with Gasteiger partial charge in [0.15, 0.2) is 0 Å². The second-order valence-electron chi connectivity index (χ2n) is 5.22. The first kappa shape index (κ1) is 14.2.